The molecular formula is C8H12N2S. The predicted molar refractivity (Wildman–Crippen MR) is 47.9 cm³/mol. The van der Waals surface area contributed by atoms with Crippen LogP contribution < -0.4 is 11.1 Å². The van der Waals surface area contributed by atoms with Gasteiger partial charge in [0.25, 0.3) is 0 Å². The lowest BCUT2D eigenvalue weighted by Crippen LogP contribution is -2.27. The minimum Gasteiger partial charge on any atom is -0.326 e. The zero-order chi connectivity index (χ0) is 7.68. The third-order valence-corrected chi connectivity index (χ3v) is 2.93. The van der Waals surface area contributed by atoms with Gasteiger partial charge in [-0.05, 0) is 22.4 Å². The van der Waals surface area contributed by atoms with Crippen molar-refractivity contribution in [3.63, 3.8) is 0 Å². The van der Waals surface area contributed by atoms with Crippen molar-refractivity contribution >= 4 is 11.3 Å². The highest BCUT2D eigenvalue weighted by Gasteiger charge is 2.24. The summed E-state index contributed by atoms with van der Waals surface area (Å²) in [6.07, 6.45) is 0. The Morgan fingerprint density at radius 3 is 3.00 bits per heavy atom. The fraction of sp³-hybridized carbons (Fsp3) is 0.500. The Bertz CT molecular complexity index is 220. The van der Waals surface area contributed by atoms with Crippen LogP contribution in [0.25, 0.3) is 0 Å². The van der Waals surface area contributed by atoms with Gasteiger partial charge >= 0.3 is 0 Å². The predicted octanol–water partition coefficient (Wildman–Crippen LogP) is 0.762. The molecule has 3 heteroatoms. The Balaban J connectivity index is 2.16. The molecule has 1 aromatic heterocycles. The van der Waals surface area contributed by atoms with E-state index in [4.69, 9.17) is 5.73 Å². The maximum Gasteiger partial charge on any atom is 0.0247 e. The van der Waals surface area contributed by atoms with Gasteiger partial charge in [0.05, 0.1) is 0 Å². The molecule has 1 aliphatic rings. The summed E-state index contributed by atoms with van der Waals surface area (Å²) in [7, 11) is 0. The van der Waals surface area contributed by atoms with Gasteiger partial charge in [0, 0.05) is 25.0 Å². The Kier molecular flexibility index (Phi) is 1.94. The van der Waals surface area contributed by atoms with Gasteiger partial charge in [0.2, 0.25) is 0 Å². The Hall–Kier alpha value is -0.380. The Morgan fingerprint density at radius 1 is 1.55 bits per heavy atom. The van der Waals surface area contributed by atoms with Crippen molar-refractivity contribution in [3.8, 4) is 0 Å². The lowest BCUT2D eigenvalue weighted by atomic mass is 9.98. The van der Waals surface area contributed by atoms with E-state index in [2.05, 4.69) is 22.1 Å². The Morgan fingerprint density at radius 2 is 2.45 bits per heavy atom. The molecule has 1 saturated heterocycles. The highest BCUT2D eigenvalue weighted by Crippen LogP contribution is 2.23. The van der Waals surface area contributed by atoms with Crippen molar-refractivity contribution in [2.24, 2.45) is 5.73 Å². The van der Waals surface area contributed by atoms with E-state index in [0.717, 1.165) is 13.1 Å². The van der Waals surface area contributed by atoms with E-state index in [1.807, 2.05) is 0 Å². The van der Waals surface area contributed by atoms with Gasteiger partial charge in [-0.25, -0.2) is 0 Å². The van der Waals surface area contributed by atoms with Crippen molar-refractivity contribution in [1.29, 1.82) is 0 Å². The molecule has 60 valence electrons. The van der Waals surface area contributed by atoms with Crippen LogP contribution >= 0.6 is 11.3 Å². The van der Waals surface area contributed by atoms with Crippen LogP contribution in [0.4, 0.5) is 0 Å². The highest BCUT2D eigenvalue weighted by atomic mass is 32.1. The molecule has 0 aromatic carbocycles. The minimum atomic E-state index is 0.310. The van der Waals surface area contributed by atoms with Gasteiger partial charge in [-0.1, -0.05) is 0 Å². The van der Waals surface area contributed by atoms with E-state index in [1.165, 1.54) is 5.56 Å². The molecule has 2 rings (SSSR count). The van der Waals surface area contributed by atoms with Crippen molar-refractivity contribution < 1.29 is 0 Å². The number of nitrogens with one attached hydrogen (secondary N) is 1. The van der Waals surface area contributed by atoms with Crippen molar-refractivity contribution in [1.82, 2.24) is 5.32 Å². The van der Waals surface area contributed by atoms with Gasteiger partial charge < -0.3 is 11.1 Å². The quantitative estimate of drug-likeness (QED) is 0.650. The first-order valence-electron chi connectivity index (χ1n) is 3.86. The topological polar surface area (TPSA) is 38.0 Å². The molecule has 1 aromatic rings. The summed E-state index contributed by atoms with van der Waals surface area (Å²) in [5.74, 6) is 0.543. The van der Waals surface area contributed by atoms with E-state index in [0.29, 0.717) is 12.0 Å². The molecule has 3 N–H and O–H groups in total. The molecule has 0 amide bonds. The summed E-state index contributed by atoms with van der Waals surface area (Å²) in [6, 6.07) is 2.48. The third-order valence-electron chi connectivity index (χ3n) is 2.23. The zero-order valence-corrected chi connectivity index (χ0v) is 7.10. The Labute approximate surface area is 70.4 Å². The number of hydrogen-bond donors (Lipinski definition) is 2. The summed E-state index contributed by atoms with van der Waals surface area (Å²) >= 11 is 1.75. The van der Waals surface area contributed by atoms with Gasteiger partial charge in [-0.3, -0.25) is 0 Å². The van der Waals surface area contributed by atoms with Crippen LogP contribution in [-0.2, 0) is 0 Å². The summed E-state index contributed by atoms with van der Waals surface area (Å²) in [5.41, 5.74) is 7.31. The van der Waals surface area contributed by atoms with Gasteiger partial charge in [0.1, 0.15) is 0 Å². The maximum atomic E-state index is 5.91. The molecule has 0 saturated carbocycles. The van der Waals surface area contributed by atoms with Crippen LogP contribution in [0.1, 0.15) is 11.5 Å². The third kappa shape index (κ3) is 1.31. The molecule has 11 heavy (non-hydrogen) atoms. The molecule has 0 radical (unpaired) electrons. The second kappa shape index (κ2) is 2.93. The molecule has 2 nitrogen and oxygen atoms in total. The first-order valence-corrected chi connectivity index (χ1v) is 4.80. The van der Waals surface area contributed by atoms with Gasteiger partial charge in [-0.15, -0.1) is 0 Å². The first kappa shape index (κ1) is 7.28. The first-order chi connectivity index (χ1) is 5.38. The van der Waals surface area contributed by atoms with Crippen LogP contribution in [0.2, 0.25) is 0 Å². The molecule has 2 unspecified atom stereocenters. The van der Waals surface area contributed by atoms with Crippen LogP contribution in [0.3, 0.4) is 0 Å². The van der Waals surface area contributed by atoms with Gasteiger partial charge in [0.15, 0.2) is 0 Å². The van der Waals surface area contributed by atoms with Gasteiger partial charge in [-0.2, -0.15) is 11.3 Å². The minimum absolute atomic E-state index is 0.310. The molecule has 2 heterocycles. The zero-order valence-electron chi connectivity index (χ0n) is 6.29. The van der Waals surface area contributed by atoms with E-state index in [-0.39, 0.29) is 0 Å². The van der Waals surface area contributed by atoms with Crippen LogP contribution in [-0.4, -0.2) is 19.1 Å². The number of hydrogen-bond acceptors (Lipinski definition) is 3. The van der Waals surface area contributed by atoms with E-state index in [1.54, 1.807) is 11.3 Å². The lowest BCUT2D eigenvalue weighted by molar-refractivity contribution is 0.655. The van der Waals surface area contributed by atoms with Crippen LogP contribution in [0, 0.1) is 0 Å². The van der Waals surface area contributed by atoms with Crippen LogP contribution in [0.15, 0.2) is 16.8 Å². The molecular weight excluding hydrogens is 156 g/mol. The van der Waals surface area contributed by atoms with Crippen LogP contribution in [0.5, 0.6) is 0 Å². The number of nitrogens with two attached hydrogens (primary N) is 1. The van der Waals surface area contributed by atoms with Crippen molar-refractivity contribution in [2.75, 3.05) is 13.1 Å². The SMILES string of the molecule is NC1CNCC1c1ccsc1. The monoisotopic (exact) mass is 168 g/mol. The summed E-state index contributed by atoms with van der Waals surface area (Å²) < 4.78 is 0. The van der Waals surface area contributed by atoms with Crippen molar-refractivity contribution in [2.45, 2.75) is 12.0 Å². The average Bonchev–Trinajstić information content (AvgIpc) is 2.55. The molecule has 0 bridgehead atoms. The second-order valence-electron chi connectivity index (χ2n) is 2.99. The molecule has 0 aliphatic carbocycles. The van der Waals surface area contributed by atoms with E-state index >= 15 is 0 Å². The maximum absolute atomic E-state index is 5.91. The molecule has 2 atom stereocenters. The number of thiophene rings is 1. The van der Waals surface area contributed by atoms with Crippen molar-refractivity contribution in [3.05, 3.63) is 22.4 Å². The normalized spacial score (nSPS) is 31.0. The highest BCUT2D eigenvalue weighted by molar-refractivity contribution is 7.07. The summed E-state index contributed by atoms with van der Waals surface area (Å²) in [5, 5.41) is 7.59. The molecule has 1 fully saturated rings. The second-order valence-corrected chi connectivity index (χ2v) is 3.77. The largest absolute Gasteiger partial charge is 0.326 e. The van der Waals surface area contributed by atoms with E-state index in [9.17, 15) is 0 Å². The fourth-order valence-corrected chi connectivity index (χ4v) is 2.27. The fourth-order valence-electron chi connectivity index (χ4n) is 1.55. The molecule has 1 aliphatic heterocycles. The standard InChI is InChI=1S/C8H12N2S/c9-8-4-10-3-7(8)6-1-2-11-5-6/h1-2,5,7-8,10H,3-4,9H2. The summed E-state index contributed by atoms with van der Waals surface area (Å²) in [6.45, 7) is 2.00. The number of rotatable bonds is 1. The smallest absolute Gasteiger partial charge is 0.0247 e. The summed E-state index contributed by atoms with van der Waals surface area (Å²) in [4.78, 5) is 0. The molecule has 0 spiro atoms. The lowest BCUT2D eigenvalue weighted by Gasteiger charge is -2.11. The van der Waals surface area contributed by atoms with E-state index < -0.39 is 0 Å². The average molecular weight is 168 g/mol.